The molecule has 4 heterocycles. The van der Waals surface area contributed by atoms with Crippen molar-refractivity contribution >= 4 is 5.82 Å². The Morgan fingerprint density at radius 3 is 2.79 bits per heavy atom. The Bertz CT molecular complexity index is 652. The molecule has 7 heteroatoms. The zero-order valence-electron chi connectivity index (χ0n) is 14.1. The van der Waals surface area contributed by atoms with Gasteiger partial charge in [0, 0.05) is 70.9 Å². The first-order valence-corrected chi connectivity index (χ1v) is 8.65. The molecule has 2 atom stereocenters. The molecule has 0 bridgehead atoms. The highest BCUT2D eigenvalue weighted by molar-refractivity contribution is 5.36. The predicted octanol–water partition coefficient (Wildman–Crippen LogP) is 1.11. The maximum atomic E-state index is 5.98. The normalized spacial score (nSPS) is 25.3. The largest absolute Gasteiger partial charge is 0.370 e. The van der Waals surface area contributed by atoms with Gasteiger partial charge in [0.05, 0.1) is 0 Å². The SMILES string of the molecule is Cn1ccnc1[C@@H]1OCC[C@H]1CN1CCN(c2cccnn2)CC1. The molecular formula is C17H24N6O. The molecule has 7 nitrogen and oxygen atoms in total. The minimum Gasteiger partial charge on any atom is -0.370 e. The molecule has 4 rings (SSSR count). The molecule has 2 aromatic heterocycles. The summed E-state index contributed by atoms with van der Waals surface area (Å²) in [6.45, 7) is 6.02. The number of imidazole rings is 1. The third-order valence-corrected chi connectivity index (χ3v) is 5.07. The lowest BCUT2D eigenvalue weighted by molar-refractivity contribution is 0.0685. The van der Waals surface area contributed by atoms with Crippen molar-refractivity contribution in [3.8, 4) is 0 Å². The van der Waals surface area contributed by atoms with Crippen LogP contribution < -0.4 is 4.90 Å². The fourth-order valence-corrected chi connectivity index (χ4v) is 3.71. The third kappa shape index (κ3) is 3.14. The average molecular weight is 328 g/mol. The van der Waals surface area contributed by atoms with Crippen LogP contribution in [0.2, 0.25) is 0 Å². The third-order valence-electron chi connectivity index (χ3n) is 5.07. The van der Waals surface area contributed by atoms with Gasteiger partial charge in [0.1, 0.15) is 11.9 Å². The van der Waals surface area contributed by atoms with Gasteiger partial charge in [-0.15, -0.1) is 5.10 Å². The van der Waals surface area contributed by atoms with Crippen LogP contribution >= 0.6 is 0 Å². The van der Waals surface area contributed by atoms with Gasteiger partial charge in [0.2, 0.25) is 0 Å². The number of aromatic nitrogens is 4. The summed E-state index contributed by atoms with van der Waals surface area (Å²) in [7, 11) is 2.04. The Hall–Kier alpha value is -1.99. The number of ether oxygens (including phenoxy) is 1. The number of aryl methyl sites for hydroxylation is 1. The minimum absolute atomic E-state index is 0.128. The van der Waals surface area contributed by atoms with E-state index in [0.29, 0.717) is 5.92 Å². The summed E-state index contributed by atoms with van der Waals surface area (Å²) >= 11 is 0. The standard InChI is InChI=1S/C17H24N6O/c1-21-7-6-18-17(21)16-14(4-12-24-16)13-22-8-10-23(11-9-22)15-3-2-5-19-20-15/h2-3,5-7,14,16H,4,8-13H2,1H3/t14-,16+/m0/s1. The predicted molar refractivity (Wildman–Crippen MR) is 90.7 cm³/mol. The van der Waals surface area contributed by atoms with E-state index in [2.05, 4.69) is 29.5 Å². The van der Waals surface area contributed by atoms with Crippen LogP contribution in [0.3, 0.4) is 0 Å². The Kier molecular flexibility index (Phi) is 4.44. The first kappa shape index (κ1) is 15.5. The Labute approximate surface area is 142 Å². The summed E-state index contributed by atoms with van der Waals surface area (Å²) in [6, 6.07) is 3.98. The first-order chi connectivity index (χ1) is 11.8. The second kappa shape index (κ2) is 6.86. The quantitative estimate of drug-likeness (QED) is 0.838. The molecular weight excluding hydrogens is 304 g/mol. The van der Waals surface area contributed by atoms with Gasteiger partial charge >= 0.3 is 0 Å². The van der Waals surface area contributed by atoms with Crippen LogP contribution in [0.15, 0.2) is 30.7 Å². The lowest BCUT2D eigenvalue weighted by atomic mass is 9.99. The van der Waals surface area contributed by atoms with E-state index in [1.54, 1.807) is 6.20 Å². The van der Waals surface area contributed by atoms with Crippen LogP contribution in [-0.4, -0.2) is 64.0 Å². The van der Waals surface area contributed by atoms with Crippen LogP contribution in [0.25, 0.3) is 0 Å². The number of rotatable bonds is 4. The van der Waals surface area contributed by atoms with Gasteiger partial charge in [-0.2, -0.15) is 5.10 Å². The molecule has 0 saturated carbocycles. The van der Waals surface area contributed by atoms with Gasteiger partial charge < -0.3 is 14.2 Å². The summed E-state index contributed by atoms with van der Waals surface area (Å²) in [4.78, 5) is 9.34. The highest BCUT2D eigenvalue weighted by atomic mass is 16.5. The van der Waals surface area contributed by atoms with Crippen molar-refractivity contribution in [3.63, 3.8) is 0 Å². The van der Waals surface area contributed by atoms with Crippen LogP contribution in [0.1, 0.15) is 18.3 Å². The number of piperazine rings is 1. The molecule has 0 aromatic carbocycles. The molecule has 2 fully saturated rings. The molecule has 2 saturated heterocycles. The second-order valence-electron chi connectivity index (χ2n) is 6.61. The van der Waals surface area contributed by atoms with Crippen LogP contribution in [-0.2, 0) is 11.8 Å². The fraction of sp³-hybridized carbons (Fsp3) is 0.588. The second-order valence-corrected chi connectivity index (χ2v) is 6.61. The van der Waals surface area contributed by atoms with Crippen molar-refractivity contribution in [1.82, 2.24) is 24.6 Å². The highest BCUT2D eigenvalue weighted by Gasteiger charge is 2.34. The van der Waals surface area contributed by atoms with Crippen molar-refractivity contribution in [2.24, 2.45) is 13.0 Å². The van der Waals surface area contributed by atoms with E-state index in [1.807, 2.05) is 31.6 Å². The Morgan fingerprint density at radius 2 is 2.08 bits per heavy atom. The van der Waals surface area contributed by atoms with Crippen molar-refractivity contribution in [2.45, 2.75) is 12.5 Å². The van der Waals surface area contributed by atoms with Gasteiger partial charge in [-0.3, -0.25) is 4.90 Å². The van der Waals surface area contributed by atoms with E-state index in [-0.39, 0.29) is 6.10 Å². The highest BCUT2D eigenvalue weighted by Crippen LogP contribution is 2.34. The first-order valence-electron chi connectivity index (χ1n) is 8.65. The van der Waals surface area contributed by atoms with E-state index in [9.17, 15) is 0 Å². The van der Waals surface area contributed by atoms with Crippen molar-refractivity contribution < 1.29 is 4.74 Å². The van der Waals surface area contributed by atoms with Crippen LogP contribution in [0.5, 0.6) is 0 Å². The molecule has 2 aliphatic heterocycles. The zero-order chi connectivity index (χ0) is 16.4. The molecule has 0 aliphatic carbocycles. The molecule has 2 aliphatic rings. The van der Waals surface area contributed by atoms with Crippen molar-refractivity contribution in [3.05, 3.63) is 36.5 Å². The fourth-order valence-electron chi connectivity index (χ4n) is 3.71. The van der Waals surface area contributed by atoms with Crippen LogP contribution in [0.4, 0.5) is 5.82 Å². The van der Waals surface area contributed by atoms with E-state index in [0.717, 1.165) is 57.4 Å². The molecule has 2 aromatic rings. The topological polar surface area (TPSA) is 59.3 Å². The number of nitrogens with zero attached hydrogens (tertiary/aromatic N) is 6. The molecule has 0 spiro atoms. The number of hydrogen-bond acceptors (Lipinski definition) is 6. The average Bonchev–Trinajstić information content (AvgIpc) is 3.25. The number of anilines is 1. The Balaban J connectivity index is 1.34. The van der Waals surface area contributed by atoms with E-state index >= 15 is 0 Å². The monoisotopic (exact) mass is 328 g/mol. The minimum atomic E-state index is 0.128. The van der Waals surface area contributed by atoms with Gasteiger partial charge in [-0.05, 0) is 18.6 Å². The summed E-state index contributed by atoms with van der Waals surface area (Å²) in [5.74, 6) is 2.55. The molecule has 24 heavy (non-hydrogen) atoms. The van der Waals surface area contributed by atoms with Crippen molar-refractivity contribution in [1.29, 1.82) is 0 Å². The summed E-state index contributed by atoms with van der Waals surface area (Å²) in [5, 5.41) is 8.19. The molecule has 0 radical (unpaired) electrons. The van der Waals surface area contributed by atoms with Gasteiger partial charge in [0.25, 0.3) is 0 Å². The summed E-state index contributed by atoms with van der Waals surface area (Å²) < 4.78 is 8.06. The summed E-state index contributed by atoms with van der Waals surface area (Å²) in [5.41, 5.74) is 0. The Morgan fingerprint density at radius 1 is 1.21 bits per heavy atom. The van der Waals surface area contributed by atoms with E-state index in [1.165, 1.54) is 0 Å². The van der Waals surface area contributed by atoms with E-state index in [4.69, 9.17) is 4.74 Å². The molecule has 0 unspecified atom stereocenters. The lowest BCUT2D eigenvalue weighted by Crippen LogP contribution is -2.48. The molecule has 128 valence electrons. The van der Waals surface area contributed by atoms with Gasteiger partial charge in [-0.25, -0.2) is 4.98 Å². The summed E-state index contributed by atoms with van der Waals surface area (Å²) in [6.07, 6.45) is 6.81. The van der Waals surface area contributed by atoms with Gasteiger partial charge in [0.15, 0.2) is 5.82 Å². The number of hydrogen-bond donors (Lipinski definition) is 0. The smallest absolute Gasteiger partial charge is 0.151 e. The molecule has 0 N–H and O–H groups in total. The zero-order valence-corrected chi connectivity index (χ0v) is 14.1. The van der Waals surface area contributed by atoms with Gasteiger partial charge in [-0.1, -0.05) is 0 Å². The maximum Gasteiger partial charge on any atom is 0.151 e. The van der Waals surface area contributed by atoms with Crippen LogP contribution in [0, 0.1) is 5.92 Å². The maximum absolute atomic E-state index is 5.98. The van der Waals surface area contributed by atoms with E-state index < -0.39 is 0 Å². The lowest BCUT2D eigenvalue weighted by Gasteiger charge is -2.36. The van der Waals surface area contributed by atoms with Crippen molar-refractivity contribution in [2.75, 3.05) is 44.2 Å². The molecule has 0 amide bonds.